The van der Waals surface area contributed by atoms with E-state index in [1.807, 2.05) is 19.9 Å². The molecule has 2 aromatic rings. The average Bonchev–Trinajstić information content (AvgIpc) is 3.06. The van der Waals surface area contributed by atoms with Crippen LogP contribution in [0.15, 0.2) is 29.1 Å². The third kappa shape index (κ3) is 5.56. The predicted octanol–water partition coefficient (Wildman–Crippen LogP) is 3.77. The van der Waals surface area contributed by atoms with Gasteiger partial charge in [-0.2, -0.15) is 0 Å². The van der Waals surface area contributed by atoms with Gasteiger partial charge in [0.25, 0.3) is 0 Å². The van der Waals surface area contributed by atoms with Crippen molar-refractivity contribution in [2.45, 2.75) is 52.1 Å². The lowest BCUT2D eigenvalue weighted by molar-refractivity contribution is -0.138. The fraction of sp³-hybridized carbons (Fsp3) is 0.444. The molecule has 194 valence electrons. The normalized spacial score (nSPS) is 15.1. The van der Waals surface area contributed by atoms with Gasteiger partial charge in [0, 0.05) is 12.5 Å². The minimum Gasteiger partial charge on any atom is -0.493 e. The van der Waals surface area contributed by atoms with Crippen molar-refractivity contribution < 1.29 is 28.9 Å². The molecule has 0 saturated carbocycles. The summed E-state index contributed by atoms with van der Waals surface area (Å²) >= 11 is 0. The highest BCUT2D eigenvalue weighted by atomic mass is 16.5. The molecule has 9 nitrogen and oxygen atoms in total. The molecular formula is C27H34N2O7. The minimum atomic E-state index is -1.03. The van der Waals surface area contributed by atoms with E-state index >= 15 is 0 Å². The van der Waals surface area contributed by atoms with Crippen LogP contribution in [0.25, 0.3) is 11.1 Å². The van der Waals surface area contributed by atoms with Crippen molar-refractivity contribution in [3.8, 4) is 28.4 Å². The van der Waals surface area contributed by atoms with Gasteiger partial charge in [-0.15, -0.1) is 0 Å². The lowest BCUT2D eigenvalue weighted by Crippen LogP contribution is -2.32. The van der Waals surface area contributed by atoms with Crippen LogP contribution in [0.1, 0.15) is 50.8 Å². The van der Waals surface area contributed by atoms with Crippen molar-refractivity contribution in [3.63, 3.8) is 0 Å². The molecular weight excluding hydrogens is 464 g/mol. The lowest BCUT2D eigenvalue weighted by Gasteiger charge is -2.19. The Kier molecular flexibility index (Phi) is 8.45. The summed E-state index contributed by atoms with van der Waals surface area (Å²) in [5.74, 6) is 0.240. The zero-order valence-corrected chi connectivity index (χ0v) is 21.6. The number of amides is 1. The van der Waals surface area contributed by atoms with Crippen molar-refractivity contribution in [1.29, 1.82) is 0 Å². The highest BCUT2D eigenvalue weighted by molar-refractivity contribution is 5.84. The van der Waals surface area contributed by atoms with Crippen molar-refractivity contribution in [2.24, 2.45) is 5.92 Å². The molecule has 0 radical (unpaired) electrons. The maximum absolute atomic E-state index is 13.3. The van der Waals surface area contributed by atoms with Crippen LogP contribution in [0.4, 0.5) is 5.69 Å². The van der Waals surface area contributed by atoms with Crippen LogP contribution in [0.5, 0.6) is 17.2 Å². The molecule has 3 N–H and O–H groups in total. The van der Waals surface area contributed by atoms with Crippen molar-refractivity contribution in [1.82, 2.24) is 5.32 Å². The standard InChI is InChI=1S/C27H34N2O7/c1-14(2)11-21(27(32)33)29-20-10-8-17-18(13-22(20)31)19(28-15(3)30)9-7-16-12-23(34-4)25(35-5)26(36-6)24(16)17/h8,10,12-14,19,21H,7,9,11H2,1-6H3,(H,28,30)(H,29,31)(H,32,33)/t19-,21+/m1/s1. The molecule has 9 heteroatoms. The summed E-state index contributed by atoms with van der Waals surface area (Å²) in [6.45, 7) is 5.28. The number of aliphatic carboxylic acids is 1. The summed E-state index contributed by atoms with van der Waals surface area (Å²) in [4.78, 5) is 37.2. The number of hydrogen-bond donors (Lipinski definition) is 3. The van der Waals surface area contributed by atoms with Crippen LogP contribution in [0, 0.1) is 5.92 Å². The van der Waals surface area contributed by atoms with Gasteiger partial charge in [-0.3, -0.25) is 9.59 Å². The van der Waals surface area contributed by atoms with E-state index in [1.165, 1.54) is 27.2 Å². The van der Waals surface area contributed by atoms with Crippen LogP contribution in [0.3, 0.4) is 0 Å². The van der Waals surface area contributed by atoms with E-state index in [9.17, 15) is 19.5 Å². The number of carbonyl (C=O) groups is 2. The van der Waals surface area contributed by atoms with E-state index in [0.29, 0.717) is 47.6 Å². The number of carboxylic acids is 1. The van der Waals surface area contributed by atoms with Gasteiger partial charge in [-0.25, -0.2) is 4.79 Å². The molecule has 0 aromatic heterocycles. The fourth-order valence-corrected chi connectivity index (χ4v) is 4.71. The second-order valence-corrected chi connectivity index (χ2v) is 9.26. The largest absolute Gasteiger partial charge is 0.493 e. The smallest absolute Gasteiger partial charge is 0.326 e. The Morgan fingerprint density at radius 2 is 1.78 bits per heavy atom. The van der Waals surface area contributed by atoms with Gasteiger partial charge in [0.1, 0.15) is 6.04 Å². The summed E-state index contributed by atoms with van der Waals surface area (Å²) in [7, 11) is 4.60. The average molecular weight is 499 g/mol. The molecule has 2 aromatic carbocycles. The van der Waals surface area contributed by atoms with E-state index in [-0.39, 0.29) is 22.9 Å². The zero-order valence-electron chi connectivity index (χ0n) is 21.6. The van der Waals surface area contributed by atoms with E-state index in [1.54, 1.807) is 19.2 Å². The number of rotatable bonds is 9. The Morgan fingerprint density at radius 1 is 1.08 bits per heavy atom. The Balaban J connectivity index is 2.30. The first-order valence-electron chi connectivity index (χ1n) is 11.9. The molecule has 2 atom stereocenters. The molecule has 0 spiro atoms. The van der Waals surface area contributed by atoms with Crippen LogP contribution < -0.4 is 30.3 Å². The maximum Gasteiger partial charge on any atom is 0.326 e. The molecule has 36 heavy (non-hydrogen) atoms. The van der Waals surface area contributed by atoms with Gasteiger partial charge in [-0.05, 0) is 60.1 Å². The summed E-state index contributed by atoms with van der Waals surface area (Å²) in [5, 5.41) is 15.5. The van der Waals surface area contributed by atoms with Crippen LogP contribution in [0.2, 0.25) is 0 Å². The number of carboxylic acid groups (broad SMARTS) is 1. The van der Waals surface area contributed by atoms with Gasteiger partial charge in [-0.1, -0.05) is 19.9 Å². The van der Waals surface area contributed by atoms with Crippen molar-refractivity contribution in [3.05, 3.63) is 45.6 Å². The number of hydrogen-bond acceptors (Lipinski definition) is 7. The van der Waals surface area contributed by atoms with E-state index in [4.69, 9.17) is 14.2 Å². The summed E-state index contributed by atoms with van der Waals surface area (Å²) < 4.78 is 16.9. The SMILES string of the molecule is COc1cc2c(c(OC)c1OC)-c1ccc(N[C@@H](CC(C)C)C(=O)O)c(=O)cc1[C@H](NC(C)=O)CC2. The van der Waals surface area contributed by atoms with Gasteiger partial charge >= 0.3 is 5.97 Å². The van der Waals surface area contributed by atoms with E-state index < -0.39 is 18.1 Å². The number of nitrogens with one attached hydrogen (secondary N) is 2. The number of aryl methyl sites for hydroxylation is 1. The first-order valence-corrected chi connectivity index (χ1v) is 11.9. The number of fused-ring (bicyclic) bond motifs is 3. The van der Waals surface area contributed by atoms with Crippen molar-refractivity contribution in [2.75, 3.05) is 26.6 Å². The van der Waals surface area contributed by atoms with E-state index in [0.717, 1.165) is 11.1 Å². The Labute approximate surface area is 210 Å². The highest BCUT2D eigenvalue weighted by Crippen LogP contribution is 2.50. The predicted molar refractivity (Wildman–Crippen MR) is 137 cm³/mol. The third-order valence-electron chi connectivity index (χ3n) is 6.25. The van der Waals surface area contributed by atoms with Gasteiger partial charge in [0.15, 0.2) is 11.5 Å². The summed E-state index contributed by atoms with van der Waals surface area (Å²) in [6, 6.07) is 5.35. The molecule has 0 unspecified atom stereocenters. The Hall–Kier alpha value is -3.75. The molecule has 0 aliphatic heterocycles. The summed E-state index contributed by atoms with van der Waals surface area (Å²) in [6.07, 6.45) is 1.48. The number of carbonyl (C=O) groups excluding carboxylic acids is 1. The third-order valence-corrected chi connectivity index (χ3v) is 6.25. The van der Waals surface area contributed by atoms with Gasteiger partial charge < -0.3 is 30.0 Å². The second-order valence-electron chi connectivity index (χ2n) is 9.26. The number of ether oxygens (including phenoxy) is 3. The quantitative estimate of drug-likeness (QED) is 0.477. The molecule has 0 bridgehead atoms. The van der Waals surface area contributed by atoms with E-state index in [2.05, 4.69) is 10.6 Å². The molecule has 1 aliphatic carbocycles. The number of anilines is 1. The van der Waals surface area contributed by atoms with Crippen LogP contribution in [-0.2, 0) is 16.0 Å². The fourth-order valence-electron chi connectivity index (χ4n) is 4.71. The maximum atomic E-state index is 13.3. The van der Waals surface area contributed by atoms with Crippen LogP contribution >= 0.6 is 0 Å². The minimum absolute atomic E-state index is 0.116. The molecule has 0 fully saturated rings. The zero-order chi connectivity index (χ0) is 26.6. The second kappa shape index (κ2) is 11.3. The van der Waals surface area contributed by atoms with Gasteiger partial charge in [0.2, 0.25) is 17.1 Å². The van der Waals surface area contributed by atoms with Crippen molar-refractivity contribution >= 4 is 17.6 Å². The lowest BCUT2D eigenvalue weighted by atomic mass is 9.95. The number of methoxy groups -OCH3 is 3. The first-order chi connectivity index (χ1) is 17.1. The first kappa shape index (κ1) is 26.8. The monoisotopic (exact) mass is 498 g/mol. The Bertz CT molecular complexity index is 1210. The molecule has 0 heterocycles. The Morgan fingerprint density at radius 3 is 2.33 bits per heavy atom. The number of benzene rings is 1. The molecule has 0 saturated heterocycles. The van der Waals surface area contributed by atoms with Gasteiger partial charge in [0.05, 0.1) is 33.1 Å². The molecule has 3 rings (SSSR count). The van der Waals surface area contributed by atoms with Crippen LogP contribution in [-0.4, -0.2) is 44.4 Å². The topological polar surface area (TPSA) is 123 Å². The molecule has 1 amide bonds. The highest BCUT2D eigenvalue weighted by Gasteiger charge is 2.29. The summed E-state index contributed by atoms with van der Waals surface area (Å²) in [5.41, 5.74) is 2.73. The molecule has 1 aliphatic rings.